The molecule has 3 aliphatic carbocycles. The Morgan fingerprint density at radius 1 is 0.290 bits per heavy atom. The number of ether oxygens (including phenoxy) is 2. The number of rotatable bonds is 52. The third-order valence-corrected chi connectivity index (χ3v) is 38.2. The third-order valence-electron chi connectivity index (χ3n) is 27.3. The first kappa shape index (κ1) is 93.4. The van der Waals surface area contributed by atoms with Crippen LogP contribution in [0.3, 0.4) is 0 Å². The minimum atomic E-state index is 0.0774. The summed E-state index contributed by atoms with van der Waals surface area (Å²) in [5.41, 5.74) is 21.0. The van der Waals surface area contributed by atoms with E-state index in [1.54, 1.807) is 22.3 Å². The van der Waals surface area contributed by atoms with Crippen molar-refractivity contribution in [3.63, 3.8) is 0 Å². The molecule has 0 amide bonds. The molecule has 0 atom stereocenters. The Balaban J connectivity index is 0.773. The van der Waals surface area contributed by atoms with Crippen molar-refractivity contribution in [3.05, 3.63) is 153 Å². The first-order valence-corrected chi connectivity index (χ1v) is 57.1. The van der Waals surface area contributed by atoms with Crippen molar-refractivity contribution in [2.24, 2.45) is 0 Å². The molecule has 12 aromatic rings. The Morgan fingerprint density at radius 2 is 0.645 bits per heavy atom. The second-order valence-electron chi connectivity index (χ2n) is 37.2. The maximum Gasteiger partial charge on any atom is 0.139 e. The fraction of sp³-hybridized carbons (Fsp3) is 0.550. The first-order chi connectivity index (χ1) is 61.0. The Labute approximate surface area is 784 Å². The normalized spacial score (nSPS) is 14.3. The quantitative estimate of drug-likeness (QED) is 0.0357. The third kappa shape index (κ3) is 23.0. The maximum absolute atomic E-state index is 7.42. The zero-order valence-electron chi connectivity index (χ0n) is 77.0. The van der Waals surface area contributed by atoms with Gasteiger partial charge in [-0.15, -0.1) is 90.7 Å². The van der Waals surface area contributed by atoms with E-state index in [0.717, 1.165) is 85.0 Å². The molecular formula is C111H144N2O2S9. The number of aryl methyl sites for hydroxylation is 7. The van der Waals surface area contributed by atoms with Crippen molar-refractivity contribution in [1.29, 1.82) is 0 Å². The average molecular weight is 1830 g/mol. The summed E-state index contributed by atoms with van der Waals surface area (Å²) in [6, 6.07) is 42.9. The van der Waals surface area contributed by atoms with E-state index in [2.05, 4.69) is 199 Å². The number of nitrogens with zero attached hydrogens (tertiary/aromatic N) is 2. The van der Waals surface area contributed by atoms with Crippen molar-refractivity contribution in [2.45, 2.75) is 395 Å². The average Bonchev–Trinajstić information content (AvgIpc) is 1.56. The minimum Gasteiger partial charge on any atom is -0.489 e. The molecule has 2 saturated carbocycles. The van der Waals surface area contributed by atoms with Crippen LogP contribution < -0.4 is 9.47 Å². The lowest BCUT2D eigenvalue weighted by Crippen LogP contribution is -2.25. The van der Waals surface area contributed by atoms with Crippen LogP contribution in [-0.4, -0.2) is 21.0 Å². The molecule has 0 radical (unpaired) electrons. The zero-order chi connectivity index (χ0) is 85.6. The van der Waals surface area contributed by atoms with Crippen LogP contribution in [0.15, 0.2) is 103 Å². The van der Waals surface area contributed by atoms with Gasteiger partial charge < -0.3 is 9.47 Å². The van der Waals surface area contributed by atoms with Gasteiger partial charge in [-0.25, -0.2) is 0 Å². The van der Waals surface area contributed by atoms with Crippen LogP contribution in [0.5, 0.6) is 11.5 Å². The molecule has 9 aromatic heterocycles. The van der Waals surface area contributed by atoms with E-state index in [9.17, 15) is 0 Å². The maximum atomic E-state index is 7.42. The summed E-state index contributed by atoms with van der Waals surface area (Å²) in [6.07, 6.45) is 61.7. The zero-order valence-corrected chi connectivity index (χ0v) is 84.4. The van der Waals surface area contributed by atoms with Crippen LogP contribution >= 0.6 is 102 Å². The van der Waals surface area contributed by atoms with Gasteiger partial charge in [0.15, 0.2) is 0 Å². The van der Waals surface area contributed by atoms with E-state index in [-0.39, 0.29) is 17.6 Å². The molecule has 0 bridgehead atoms. The molecular weight excluding hydrogens is 1680 g/mol. The van der Waals surface area contributed by atoms with Gasteiger partial charge in [0.25, 0.3) is 0 Å². The number of aromatic nitrogens is 2. The summed E-state index contributed by atoms with van der Waals surface area (Å²) in [5, 5.41) is 0. The highest BCUT2D eigenvalue weighted by atomic mass is 32.1. The number of benzene rings is 3. The van der Waals surface area contributed by atoms with Crippen molar-refractivity contribution in [3.8, 4) is 112 Å². The first-order valence-electron chi connectivity index (χ1n) is 49.9. The van der Waals surface area contributed by atoms with E-state index >= 15 is 0 Å². The summed E-state index contributed by atoms with van der Waals surface area (Å²) in [5.74, 6) is 2.08. The van der Waals surface area contributed by atoms with E-state index in [1.807, 2.05) is 56.7 Å². The highest BCUT2D eigenvalue weighted by Gasteiger charge is 2.43. The highest BCUT2D eigenvalue weighted by Crippen LogP contribution is 2.59. The minimum absolute atomic E-state index is 0.0774. The van der Waals surface area contributed by atoms with Crippen molar-refractivity contribution >= 4 is 113 Å². The summed E-state index contributed by atoms with van der Waals surface area (Å²) >= 11 is 17.5. The summed E-state index contributed by atoms with van der Waals surface area (Å²) in [7, 11) is 0. The number of hydrogen-bond donors (Lipinski definition) is 0. The molecule has 0 unspecified atom stereocenters. The van der Waals surface area contributed by atoms with Gasteiger partial charge in [-0.3, -0.25) is 0 Å². The lowest BCUT2D eigenvalue weighted by Gasteiger charge is -2.33. The predicted octanol–water partition coefficient (Wildman–Crippen LogP) is 39.6. The number of fused-ring (bicyclic) bond motifs is 4. The van der Waals surface area contributed by atoms with Gasteiger partial charge in [0.1, 0.15) is 22.5 Å². The molecule has 0 aliphatic heterocycles. The van der Waals surface area contributed by atoms with Crippen LogP contribution in [-0.2, 0) is 37.5 Å². The molecule has 2 fully saturated rings. The Kier molecular flexibility index (Phi) is 35.4. The van der Waals surface area contributed by atoms with Gasteiger partial charge in [0, 0.05) is 84.8 Å². The molecule has 0 saturated heterocycles. The molecule has 0 spiro atoms. The molecule has 0 N–H and O–H groups in total. The molecule has 4 nitrogen and oxygen atoms in total. The van der Waals surface area contributed by atoms with E-state index in [1.165, 1.54) is 392 Å². The lowest BCUT2D eigenvalue weighted by molar-refractivity contribution is 0.156. The summed E-state index contributed by atoms with van der Waals surface area (Å²) in [6.45, 7) is 21.1. The van der Waals surface area contributed by atoms with Crippen LogP contribution in [0.4, 0.5) is 0 Å². The van der Waals surface area contributed by atoms with Gasteiger partial charge in [-0.1, -0.05) is 283 Å². The van der Waals surface area contributed by atoms with Gasteiger partial charge >= 0.3 is 0 Å². The fourth-order valence-electron chi connectivity index (χ4n) is 20.4. The Hall–Kier alpha value is -5.32. The van der Waals surface area contributed by atoms with Gasteiger partial charge in [-0.05, 0) is 259 Å². The van der Waals surface area contributed by atoms with Crippen LogP contribution in [0, 0.1) is 13.8 Å². The van der Waals surface area contributed by atoms with Gasteiger partial charge in [0.2, 0.25) is 0 Å². The molecule has 15 rings (SSSR count). The van der Waals surface area contributed by atoms with E-state index in [0.29, 0.717) is 0 Å². The van der Waals surface area contributed by atoms with E-state index in [4.69, 9.17) is 18.2 Å². The smallest absolute Gasteiger partial charge is 0.139 e. The molecule has 13 heteroatoms. The largest absolute Gasteiger partial charge is 0.489 e. The van der Waals surface area contributed by atoms with Gasteiger partial charge in [-0.2, -0.15) is 8.75 Å². The second-order valence-corrected chi connectivity index (χ2v) is 46.4. The van der Waals surface area contributed by atoms with E-state index < -0.39 is 0 Å². The molecule has 3 aliphatic rings. The Bertz CT molecular complexity index is 5290. The lowest BCUT2D eigenvalue weighted by atomic mass is 9.70. The van der Waals surface area contributed by atoms with Crippen LogP contribution in [0.1, 0.15) is 380 Å². The van der Waals surface area contributed by atoms with Gasteiger partial charge in [0.05, 0.1) is 33.7 Å². The summed E-state index contributed by atoms with van der Waals surface area (Å²) in [4.78, 5) is 22.2. The molecule has 3 aromatic carbocycles. The van der Waals surface area contributed by atoms with Crippen molar-refractivity contribution in [2.75, 3.05) is 0 Å². The standard InChI is InChI=1S/C111H144N2O2S9/c1-10-17-24-31-33-46-65-111(66-47-34-32-25-18-11-2)90-61-57-76(8)67-88(90)89-69-78(58-62-91(89)111)96-70-80(49-38-27-20-13-4)104(118-96)94-63-64-95(117-94)105-81(50-39-28-21-14-5)71-100(121-105)109-92(114-84-53-42-35-43-54-84)74-97(119-109)86-59-60-87(103-102(86)112-124-113-103)98-75-93(115-85-55-44-36-45-56-85)110(120-98)101-73-83(52-41-30-23-16-7)108(123-101)107-82(51-40-29-22-15-6)72-99(122-107)106-79(68-77(9)116-106)48-37-26-19-12-3/h57-64,67-75,84-85H,10-56,65-66H2,1-9H3. The SMILES string of the molecule is CCCCCCCCC1(CCCCCCCC)c2ccc(C)cc2-c2cc(-c3cc(CCCCCC)c(-c4ccc(-c5sc(-c6sc(-c7ccc(-c8cc(OC9CCCCC9)c(-c9cc(CCCCCC)c(-c%10sc(-c%11sc(C)cc%11CCCCCC)cc%10CCCCCC)s9)s8)c8nsnc78)cc6OC6CCCCC6)cc5CCCCCC)s4)s3)ccc21. The second kappa shape index (κ2) is 47.0. The van der Waals surface area contributed by atoms with Crippen molar-refractivity contribution < 1.29 is 9.47 Å². The number of unbranched alkanes of at least 4 members (excludes halogenated alkanes) is 25. The van der Waals surface area contributed by atoms with Crippen LogP contribution in [0.2, 0.25) is 0 Å². The number of hydrogen-bond acceptors (Lipinski definition) is 13. The van der Waals surface area contributed by atoms with Crippen LogP contribution in [0.25, 0.3) is 112 Å². The fourth-order valence-corrected chi connectivity index (χ4v) is 30.9. The molecule has 9 heterocycles. The Morgan fingerprint density at radius 3 is 1.10 bits per heavy atom. The molecule has 664 valence electrons. The topological polar surface area (TPSA) is 44.2 Å². The summed E-state index contributed by atoms with van der Waals surface area (Å²) < 4.78 is 25.4. The highest BCUT2D eigenvalue weighted by molar-refractivity contribution is 7.30. The monoisotopic (exact) mass is 1820 g/mol. The predicted molar refractivity (Wildman–Crippen MR) is 555 cm³/mol. The van der Waals surface area contributed by atoms with Crippen molar-refractivity contribution in [1.82, 2.24) is 8.75 Å². The molecule has 124 heavy (non-hydrogen) atoms. The number of thiophene rings is 8.